The molecule has 0 aromatic heterocycles. The summed E-state index contributed by atoms with van der Waals surface area (Å²) in [6.07, 6.45) is 2.26. The third-order valence-electron chi connectivity index (χ3n) is 3.51. The zero-order chi connectivity index (χ0) is 15.3. The Kier molecular flexibility index (Phi) is 6.53. The van der Waals surface area contributed by atoms with Gasteiger partial charge in [-0.15, -0.1) is 0 Å². The standard InChI is InChI=1S/C16H26BrN3/c1-5-13(6-2)20(10-11(3)4)15-8-7-12(16(18)19)9-14(15)17/h7-9,11,13H,5-6,10H2,1-4H3,(H3,18,19). The molecule has 3 N–H and O–H groups in total. The van der Waals surface area contributed by atoms with E-state index in [2.05, 4.69) is 54.6 Å². The maximum Gasteiger partial charge on any atom is 0.122 e. The summed E-state index contributed by atoms with van der Waals surface area (Å²) >= 11 is 3.64. The van der Waals surface area contributed by atoms with E-state index in [1.54, 1.807) is 0 Å². The van der Waals surface area contributed by atoms with Gasteiger partial charge in [0.05, 0.1) is 5.69 Å². The van der Waals surface area contributed by atoms with Crippen molar-refractivity contribution in [1.29, 1.82) is 5.41 Å². The minimum Gasteiger partial charge on any atom is -0.384 e. The lowest BCUT2D eigenvalue weighted by Crippen LogP contribution is -2.37. The van der Waals surface area contributed by atoms with E-state index in [0.717, 1.165) is 29.4 Å². The Balaban J connectivity index is 3.16. The van der Waals surface area contributed by atoms with Crippen LogP contribution in [0.2, 0.25) is 0 Å². The molecule has 1 aromatic carbocycles. The molecule has 0 bridgehead atoms. The van der Waals surface area contributed by atoms with Crippen LogP contribution in [0.15, 0.2) is 22.7 Å². The smallest absolute Gasteiger partial charge is 0.122 e. The Morgan fingerprint density at radius 1 is 1.30 bits per heavy atom. The molecule has 1 rings (SSSR count). The lowest BCUT2D eigenvalue weighted by Gasteiger charge is -2.35. The number of anilines is 1. The van der Waals surface area contributed by atoms with E-state index in [9.17, 15) is 0 Å². The van der Waals surface area contributed by atoms with Crippen LogP contribution in [-0.4, -0.2) is 18.4 Å². The Morgan fingerprint density at radius 3 is 2.30 bits per heavy atom. The number of hydrogen-bond donors (Lipinski definition) is 2. The lowest BCUT2D eigenvalue weighted by atomic mass is 10.1. The molecular weight excluding hydrogens is 314 g/mol. The third kappa shape index (κ3) is 4.23. The second-order valence-corrected chi connectivity index (χ2v) is 6.45. The van der Waals surface area contributed by atoms with Crippen LogP contribution in [0.25, 0.3) is 0 Å². The molecule has 0 fully saturated rings. The van der Waals surface area contributed by atoms with Crippen LogP contribution in [0, 0.1) is 11.3 Å². The number of amidine groups is 1. The van der Waals surface area contributed by atoms with Crippen molar-refractivity contribution in [1.82, 2.24) is 0 Å². The summed E-state index contributed by atoms with van der Waals surface area (Å²) in [6.45, 7) is 9.99. The number of hydrogen-bond acceptors (Lipinski definition) is 2. The van der Waals surface area contributed by atoms with Gasteiger partial charge in [0.25, 0.3) is 0 Å². The summed E-state index contributed by atoms with van der Waals surface area (Å²) < 4.78 is 1.01. The topological polar surface area (TPSA) is 53.1 Å². The van der Waals surface area contributed by atoms with Gasteiger partial charge in [0, 0.05) is 22.6 Å². The average Bonchev–Trinajstić information content (AvgIpc) is 2.38. The van der Waals surface area contributed by atoms with Crippen molar-refractivity contribution in [3.63, 3.8) is 0 Å². The van der Waals surface area contributed by atoms with Gasteiger partial charge in [-0.05, 0) is 52.9 Å². The largest absolute Gasteiger partial charge is 0.384 e. The maximum absolute atomic E-state index is 7.52. The third-order valence-corrected chi connectivity index (χ3v) is 4.15. The van der Waals surface area contributed by atoms with Gasteiger partial charge >= 0.3 is 0 Å². The van der Waals surface area contributed by atoms with Crippen molar-refractivity contribution in [3.05, 3.63) is 28.2 Å². The van der Waals surface area contributed by atoms with Crippen LogP contribution < -0.4 is 10.6 Å². The zero-order valence-corrected chi connectivity index (χ0v) is 14.5. The quantitative estimate of drug-likeness (QED) is 0.571. The van der Waals surface area contributed by atoms with Gasteiger partial charge in [-0.3, -0.25) is 5.41 Å². The molecule has 0 atom stereocenters. The minimum absolute atomic E-state index is 0.107. The first-order valence-corrected chi connectivity index (χ1v) is 8.10. The van der Waals surface area contributed by atoms with Gasteiger partial charge in [0.15, 0.2) is 0 Å². The van der Waals surface area contributed by atoms with Crippen molar-refractivity contribution >= 4 is 27.5 Å². The zero-order valence-electron chi connectivity index (χ0n) is 12.9. The predicted octanol–water partition coefficient (Wildman–Crippen LogP) is 4.38. The highest BCUT2D eigenvalue weighted by Gasteiger charge is 2.19. The number of nitrogens with one attached hydrogen (secondary N) is 1. The molecule has 4 heteroatoms. The molecule has 0 saturated carbocycles. The monoisotopic (exact) mass is 339 g/mol. The lowest BCUT2D eigenvalue weighted by molar-refractivity contribution is 0.507. The van der Waals surface area contributed by atoms with Crippen LogP contribution in [0.5, 0.6) is 0 Å². The highest BCUT2D eigenvalue weighted by atomic mass is 79.9. The normalized spacial score (nSPS) is 11.2. The molecule has 0 heterocycles. The van der Waals surface area contributed by atoms with E-state index < -0.39 is 0 Å². The number of rotatable bonds is 7. The summed E-state index contributed by atoms with van der Waals surface area (Å²) in [5.74, 6) is 0.713. The first-order valence-electron chi connectivity index (χ1n) is 7.31. The van der Waals surface area contributed by atoms with Crippen molar-refractivity contribution in [2.75, 3.05) is 11.4 Å². The first-order chi connectivity index (χ1) is 9.40. The summed E-state index contributed by atoms with van der Waals surface area (Å²) in [5.41, 5.74) is 7.50. The van der Waals surface area contributed by atoms with Crippen LogP contribution in [0.3, 0.4) is 0 Å². The molecule has 112 valence electrons. The Bertz CT molecular complexity index is 453. The number of nitrogens with zero attached hydrogens (tertiary/aromatic N) is 1. The molecular formula is C16H26BrN3. The van der Waals surface area contributed by atoms with Crippen LogP contribution >= 0.6 is 15.9 Å². The van der Waals surface area contributed by atoms with Gasteiger partial charge in [-0.2, -0.15) is 0 Å². The maximum atomic E-state index is 7.52. The second-order valence-electron chi connectivity index (χ2n) is 5.60. The van der Waals surface area contributed by atoms with Crippen molar-refractivity contribution in [2.24, 2.45) is 11.7 Å². The molecule has 0 aliphatic rings. The number of nitrogens with two attached hydrogens (primary N) is 1. The summed E-state index contributed by atoms with van der Waals surface area (Å²) in [6, 6.07) is 6.48. The van der Waals surface area contributed by atoms with E-state index in [0.29, 0.717) is 12.0 Å². The summed E-state index contributed by atoms with van der Waals surface area (Å²) in [7, 11) is 0. The van der Waals surface area contributed by atoms with E-state index in [4.69, 9.17) is 11.1 Å². The molecule has 3 nitrogen and oxygen atoms in total. The van der Waals surface area contributed by atoms with E-state index >= 15 is 0 Å². The number of nitrogen functional groups attached to an aromatic ring is 1. The Labute approximate surface area is 131 Å². The average molecular weight is 340 g/mol. The highest BCUT2D eigenvalue weighted by molar-refractivity contribution is 9.10. The molecule has 0 radical (unpaired) electrons. The first kappa shape index (κ1) is 17.0. The molecule has 0 saturated heterocycles. The van der Waals surface area contributed by atoms with Crippen LogP contribution in [0.1, 0.15) is 46.1 Å². The molecule has 1 aromatic rings. The van der Waals surface area contributed by atoms with Gasteiger partial charge in [-0.25, -0.2) is 0 Å². The van der Waals surface area contributed by atoms with Crippen molar-refractivity contribution in [2.45, 2.75) is 46.6 Å². The Hall–Kier alpha value is -1.03. The fourth-order valence-electron chi connectivity index (χ4n) is 2.47. The van der Waals surface area contributed by atoms with Crippen LogP contribution in [0.4, 0.5) is 5.69 Å². The predicted molar refractivity (Wildman–Crippen MR) is 91.7 cm³/mol. The molecule has 0 aliphatic carbocycles. The van der Waals surface area contributed by atoms with Gasteiger partial charge in [0.1, 0.15) is 5.84 Å². The fourth-order valence-corrected chi connectivity index (χ4v) is 3.08. The molecule has 20 heavy (non-hydrogen) atoms. The van der Waals surface area contributed by atoms with Crippen molar-refractivity contribution in [3.8, 4) is 0 Å². The molecule has 0 spiro atoms. The van der Waals surface area contributed by atoms with Gasteiger partial charge in [0.2, 0.25) is 0 Å². The summed E-state index contributed by atoms with van der Waals surface area (Å²) in [4.78, 5) is 2.47. The van der Waals surface area contributed by atoms with Crippen molar-refractivity contribution < 1.29 is 0 Å². The Morgan fingerprint density at radius 2 is 1.90 bits per heavy atom. The fraction of sp³-hybridized carbons (Fsp3) is 0.562. The number of benzene rings is 1. The SMILES string of the molecule is CCC(CC)N(CC(C)C)c1ccc(C(=N)N)cc1Br. The molecule has 0 unspecified atom stereocenters. The van der Waals surface area contributed by atoms with E-state index in [-0.39, 0.29) is 5.84 Å². The summed E-state index contributed by atoms with van der Waals surface area (Å²) in [5, 5.41) is 7.52. The second kappa shape index (κ2) is 7.67. The van der Waals surface area contributed by atoms with Gasteiger partial charge in [-0.1, -0.05) is 27.7 Å². The minimum atomic E-state index is 0.107. The number of halogens is 1. The van der Waals surface area contributed by atoms with Crippen LogP contribution in [-0.2, 0) is 0 Å². The molecule has 0 amide bonds. The molecule has 0 aliphatic heterocycles. The highest BCUT2D eigenvalue weighted by Crippen LogP contribution is 2.31. The van der Waals surface area contributed by atoms with E-state index in [1.165, 1.54) is 5.69 Å². The van der Waals surface area contributed by atoms with E-state index in [1.807, 2.05) is 12.1 Å². The van der Waals surface area contributed by atoms with Gasteiger partial charge < -0.3 is 10.6 Å².